The highest BCUT2D eigenvalue weighted by molar-refractivity contribution is 7.91. The smallest absolute Gasteiger partial charge is 0.341 e. The predicted octanol–water partition coefficient (Wildman–Crippen LogP) is 2.71. The molecule has 0 radical (unpaired) electrons. The average Bonchev–Trinajstić information content (AvgIpc) is 3.45. The van der Waals surface area contributed by atoms with Crippen LogP contribution in [0.2, 0.25) is 0 Å². The van der Waals surface area contributed by atoms with Gasteiger partial charge in [-0.25, -0.2) is 13.2 Å². The molecule has 3 aromatic rings. The van der Waals surface area contributed by atoms with E-state index in [4.69, 9.17) is 13.6 Å². The summed E-state index contributed by atoms with van der Waals surface area (Å²) in [5.74, 6) is -1.76. The zero-order valence-corrected chi connectivity index (χ0v) is 18.3. The van der Waals surface area contributed by atoms with Crippen molar-refractivity contribution in [1.29, 1.82) is 0 Å². The van der Waals surface area contributed by atoms with E-state index in [2.05, 4.69) is 22.4 Å². The monoisotopic (exact) mass is 465 g/mol. The molecule has 0 fully saturated rings. The zero-order valence-electron chi connectivity index (χ0n) is 16.7. The van der Waals surface area contributed by atoms with Crippen LogP contribution in [0.5, 0.6) is 0 Å². The Labute approximate surface area is 181 Å². The first-order valence-electron chi connectivity index (χ1n) is 9.41. The van der Waals surface area contributed by atoms with Crippen molar-refractivity contribution in [3.05, 3.63) is 34.4 Å². The summed E-state index contributed by atoms with van der Waals surface area (Å²) in [5, 5.41) is 9.28. The van der Waals surface area contributed by atoms with Crippen molar-refractivity contribution in [2.24, 2.45) is 5.92 Å². The molecule has 0 bridgehead atoms. The summed E-state index contributed by atoms with van der Waals surface area (Å²) in [6.07, 6.45) is 3.78. The maximum atomic E-state index is 12.6. The molecule has 1 aliphatic carbocycles. The van der Waals surface area contributed by atoms with Crippen molar-refractivity contribution in [1.82, 2.24) is 10.2 Å². The lowest BCUT2D eigenvalue weighted by atomic mass is 9.88. The number of hydrogen-bond acceptors (Lipinski definition) is 10. The normalized spacial score (nSPS) is 16.0. The molecule has 12 heteroatoms. The molecule has 0 saturated heterocycles. The van der Waals surface area contributed by atoms with Gasteiger partial charge in [-0.3, -0.25) is 4.79 Å². The first-order chi connectivity index (χ1) is 14.8. The van der Waals surface area contributed by atoms with E-state index < -0.39 is 32.7 Å². The summed E-state index contributed by atoms with van der Waals surface area (Å²) in [5.41, 5.74) is 1.14. The van der Waals surface area contributed by atoms with Crippen molar-refractivity contribution >= 4 is 38.1 Å². The lowest BCUT2D eigenvalue weighted by Gasteiger charge is -2.18. The quantitative estimate of drug-likeness (QED) is 0.544. The molecule has 1 unspecified atom stereocenters. The number of nitrogens with one attached hydrogen (secondary N) is 1. The number of methoxy groups -OCH3 is 1. The number of aromatic nitrogens is 2. The maximum Gasteiger partial charge on any atom is 0.341 e. The Hall–Kier alpha value is -2.99. The van der Waals surface area contributed by atoms with Crippen molar-refractivity contribution in [3.8, 4) is 11.7 Å². The number of ether oxygens (including phenoxy) is 1. The molecular formula is C19H19N3O7S2. The van der Waals surface area contributed by atoms with Gasteiger partial charge in [-0.1, -0.05) is 12.0 Å². The molecule has 1 atom stereocenters. The third kappa shape index (κ3) is 4.26. The molecule has 0 aromatic carbocycles. The van der Waals surface area contributed by atoms with E-state index in [9.17, 15) is 18.0 Å². The third-order valence-corrected chi connectivity index (χ3v) is 7.39. The molecule has 0 spiro atoms. The molecule has 10 nitrogen and oxygen atoms in total. The number of anilines is 1. The van der Waals surface area contributed by atoms with Crippen LogP contribution in [0.1, 0.15) is 34.1 Å². The molecule has 1 N–H and O–H groups in total. The van der Waals surface area contributed by atoms with Gasteiger partial charge in [0.15, 0.2) is 5.76 Å². The Bertz CT molecular complexity index is 1230. The number of carbonyl (C=O) groups excluding carboxylic acids is 2. The Morgan fingerprint density at radius 3 is 2.87 bits per heavy atom. The highest BCUT2D eigenvalue weighted by atomic mass is 32.2. The zero-order chi connectivity index (χ0) is 22.2. The van der Waals surface area contributed by atoms with Crippen molar-refractivity contribution in [2.75, 3.05) is 18.2 Å². The van der Waals surface area contributed by atoms with E-state index >= 15 is 0 Å². The fraction of sp³-hybridized carbons (Fsp3) is 0.368. The summed E-state index contributed by atoms with van der Waals surface area (Å²) < 4.78 is 40.2. The summed E-state index contributed by atoms with van der Waals surface area (Å²) in [4.78, 5) is 25.9. The Balaban J connectivity index is 1.54. The number of furan rings is 1. The first-order valence-corrected chi connectivity index (χ1v) is 11.9. The fourth-order valence-electron chi connectivity index (χ4n) is 3.39. The second-order valence-electron chi connectivity index (χ2n) is 7.21. The Morgan fingerprint density at radius 1 is 1.35 bits per heavy atom. The van der Waals surface area contributed by atoms with Crippen LogP contribution in [0.25, 0.3) is 11.7 Å². The van der Waals surface area contributed by atoms with Crippen LogP contribution in [0.15, 0.2) is 32.5 Å². The van der Waals surface area contributed by atoms with Crippen molar-refractivity contribution < 1.29 is 31.6 Å². The van der Waals surface area contributed by atoms with Crippen LogP contribution in [0.3, 0.4) is 0 Å². The lowest BCUT2D eigenvalue weighted by Crippen LogP contribution is -2.24. The minimum atomic E-state index is -4.20. The van der Waals surface area contributed by atoms with E-state index in [0.29, 0.717) is 12.3 Å². The van der Waals surface area contributed by atoms with Gasteiger partial charge >= 0.3 is 11.2 Å². The number of hydrogen-bond donors (Lipinski definition) is 1. The number of sulfone groups is 1. The van der Waals surface area contributed by atoms with Gasteiger partial charge in [-0.15, -0.1) is 16.4 Å². The van der Waals surface area contributed by atoms with Crippen LogP contribution in [-0.2, 0) is 32.2 Å². The molecule has 0 aliphatic heterocycles. The number of thiophene rings is 1. The van der Waals surface area contributed by atoms with Crippen LogP contribution >= 0.6 is 11.3 Å². The van der Waals surface area contributed by atoms with E-state index in [-0.39, 0.29) is 22.2 Å². The number of rotatable bonds is 6. The van der Waals surface area contributed by atoms with Gasteiger partial charge in [0, 0.05) is 4.88 Å². The van der Waals surface area contributed by atoms with Gasteiger partial charge in [0.1, 0.15) is 10.8 Å². The third-order valence-electron chi connectivity index (χ3n) is 4.88. The molecule has 3 heterocycles. The molecule has 1 aliphatic rings. The highest BCUT2D eigenvalue weighted by Crippen LogP contribution is 2.40. The molecule has 4 rings (SSSR count). The molecule has 164 valence electrons. The summed E-state index contributed by atoms with van der Waals surface area (Å²) >= 11 is 1.27. The predicted molar refractivity (Wildman–Crippen MR) is 110 cm³/mol. The first kappa shape index (κ1) is 21.2. The average molecular weight is 466 g/mol. The second kappa shape index (κ2) is 8.27. The number of nitrogens with zero attached hydrogens (tertiary/aromatic N) is 2. The number of carbonyl (C=O) groups is 2. The number of amides is 1. The van der Waals surface area contributed by atoms with E-state index in [0.717, 1.165) is 23.3 Å². The van der Waals surface area contributed by atoms with Crippen LogP contribution < -0.4 is 5.32 Å². The van der Waals surface area contributed by atoms with E-state index in [1.807, 2.05) is 0 Å². The Morgan fingerprint density at radius 2 is 2.16 bits per heavy atom. The second-order valence-corrected chi connectivity index (χ2v) is 10.2. The number of fused-ring (bicyclic) bond motifs is 1. The fourth-order valence-corrected chi connectivity index (χ4v) is 5.72. The van der Waals surface area contributed by atoms with Crippen LogP contribution in [0.4, 0.5) is 5.00 Å². The lowest BCUT2D eigenvalue weighted by molar-refractivity contribution is -0.113. The molecule has 3 aromatic heterocycles. The standard InChI is InChI=1S/C19H19N3O7S2/c1-10-5-6-11-13(8-10)30-17(15(11)18(24)27-2)20-14(23)9-31(25,26)19-22-21-16(29-19)12-4-3-7-28-12/h3-4,7,10H,5-6,8-9H2,1-2H3,(H,20,23). The summed E-state index contributed by atoms with van der Waals surface area (Å²) in [6, 6.07) is 3.12. The van der Waals surface area contributed by atoms with Crippen LogP contribution in [-0.4, -0.2) is 43.4 Å². The van der Waals surface area contributed by atoms with Gasteiger partial charge in [0.2, 0.25) is 15.7 Å². The van der Waals surface area contributed by atoms with Crippen LogP contribution in [0, 0.1) is 5.92 Å². The van der Waals surface area contributed by atoms with Crippen molar-refractivity contribution in [3.63, 3.8) is 0 Å². The number of esters is 1. The van der Waals surface area contributed by atoms with Gasteiger partial charge in [0.25, 0.3) is 5.89 Å². The Kier molecular flexibility index (Phi) is 5.67. The van der Waals surface area contributed by atoms with E-state index in [1.54, 1.807) is 6.07 Å². The summed E-state index contributed by atoms with van der Waals surface area (Å²) in [7, 11) is -2.94. The van der Waals surface area contributed by atoms with Crippen molar-refractivity contribution in [2.45, 2.75) is 31.4 Å². The highest BCUT2D eigenvalue weighted by Gasteiger charge is 2.31. The summed E-state index contributed by atoms with van der Waals surface area (Å²) in [6.45, 7) is 2.12. The molecule has 0 saturated carbocycles. The largest absolute Gasteiger partial charge is 0.465 e. The molecule has 1 amide bonds. The molecular weight excluding hydrogens is 446 g/mol. The van der Waals surface area contributed by atoms with E-state index in [1.165, 1.54) is 30.8 Å². The minimum Gasteiger partial charge on any atom is -0.465 e. The minimum absolute atomic E-state index is 0.114. The maximum absolute atomic E-state index is 12.6. The topological polar surface area (TPSA) is 142 Å². The van der Waals surface area contributed by atoms with Gasteiger partial charge < -0.3 is 18.9 Å². The SMILES string of the molecule is COC(=O)c1c(NC(=O)CS(=O)(=O)c2nnc(-c3ccco3)o2)sc2c1CCC(C)C2. The van der Waals surface area contributed by atoms with Gasteiger partial charge in [0.05, 0.1) is 18.9 Å². The van der Waals surface area contributed by atoms with Gasteiger partial charge in [-0.2, -0.15) is 0 Å². The molecule has 31 heavy (non-hydrogen) atoms. The van der Waals surface area contributed by atoms with Gasteiger partial charge in [-0.05, 0) is 42.9 Å².